The maximum absolute atomic E-state index is 12.2. The van der Waals surface area contributed by atoms with Crippen LogP contribution in [0.15, 0.2) is 4.99 Å². The van der Waals surface area contributed by atoms with Crippen molar-refractivity contribution in [2.24, 2.45) is 4.99 Å². The van der Waals surface area contributed by atoms with Crippen molar-refractivity contribution in [3.8, 4) is 0 Å². The molecule has 0 aromatic heterocycles. The van der Waals surface area contributed by atoms with Gasteiger partial charge in [0.05, 0.1) is 6.42 Å². The molecule has 1 atom stereocenters. The van der Waals surface area contributed by atoms with Crippen LogP contribution in [0.1, 0.15) is 114 Å². The van der Waals surface area contributed by atoms with Gasteiger partial charge in [0, 0.05) is 26.2 Å². The van der Waals surface area contributed by atoms with E-state index in [1.807, 2.05) is 20.8 Å². The third kappa shape index (κ3) is 30.2. The van der Waals surface area contributed by atoms with E-state index in [-0.39, 0.29) is 12.4 Å². The van der Waals surface area contributed by atoms with E-state index in [9.17, 15) is 29.1 Å². The van der Waals surface area contributed by atoms with Crippen LogP contribution in [-0.4, -0.2) is 103 Å². The van der Waals surface area contributed by atoms with Gasteiger partial charge in [-0.3, -0.25) is 25.2 Å². The molecule has 0 saturated heterocycles. The summed E-state index contributed by atoms with van der Waals surface area (Å²) in [6.45, 7) is 18.8. The van der Waals surface area contributed by atoms with Gasteiger partial charge < -0.3 is 40.6 Å². The minimum atomic E-state index is -1.42. The van der Waals surface area contributed by atoms with Gasteiger partial charge in [0.15, 0.2) is 0 Å². The van der Waals surface area contributed by atoms with Gasteiger partial charge in [0.1, 0.15) is 22.9 Å². The maximum Gasteiger partial charge on any atom is 0.414 e. The molecule has 284 valence electrons. The van der Waals surface area contributed by atoms with Gasteiger partial charge in [-0.25, -0.2) is 14.4 Å². The van der Waals surface area contributed by atoms with E-state index in [2.05, 4.69) is 36.9 Å². The first kappa shape index (κ1) is 45.3. The number of hydrogen-bond acceptors (Lipinski definition) is 11. The average Bonchev–Trinajstić information content (AvgIpc) is 2.92. The van der Waals surface area contributed by atoms with E-state index in [1.165, 1.54) is 0 Å². The number of carbonyl (C=O) groups is 5. The standard InChI is InChI=1S/C33H63N7O9/c1-31(2,3)47-28(44)38-22-16-18-34-17-14-15-20-36-26(43)24(41)23-25(42)35-19-12-10-11-13-21-37-27(39-29(45)48-32(4,5)6)40-30(46)49-33(7,8)9/h24,34,41H,10-23H2,1-9H3,(H,35,42)(H,36,43)(H,38,44)(H2,37,39,40,45,46). The lowest BCUT2D eigenvalue weighted by Gasteiger charge is -2.22. The Morgan fingerprint density at radius 1 is 0.571 bits per heavy atom. The molecular weight excluding hydrogens is 638 g/mol. The largest absolute Gasteiger partial charge is 0.444 e. The fourth-order valence-corrected chi connectivity index (χ4v) is 3.81. The van der Waals surface area contributed by atoms with E-state index in [0.29, 0.717) is 45.4 Å². The highest BCUT2D eigenvalue weighted by Gasteiger charge is 2.22. The van der Waals surface area contributed by atoms with Crippen molar-refractivity contribution in [3.05, 3.63) is 0 Å². The second kappa shape index (κ2) is 23.7. The predicted octanol–water partition coefficient (Wildman–Crippen LogP) is 3.22. The third-order valence-corrected chi connectivity index (χ3v) is 5.88. The molecule has 0 saturated carbocycles. The number of aliphatic hydroxyl groups excluding tert-OH is 1. The summed E-state index contributed by atoms with van der Waals surface area (Å²) in [5.41, 5.74) is -1.98. The van der Waals surface area contributed by atoms with E-state index in [4.69, 9.17) is 14.2 Å². The van der Waals surface area contributed by atoms with Gasteiger partial charge in [-0.1, -0.05) is 12.8 Å². The van der Waals surface area contributed by atoms with Crippen molar-refractivity contribution in [3.63, 3.8) is 0 Å². The lowest BCUT2D eigenvalue weighted by Crippen LogP contribution is -2.47. The molecule has 0 aromatic rings. The summed E-state index contributed by atoms with van der Waals surface area (Å²) in [6, 6.07) is 0. The molecule has 0 aliphatic carbocycles. The van der Waals surface area contributed by atoms with Crippen LogP contribution in [0.25, 0.3) is 0 Å². The van der Waals surface area contributed by atoms with Crippen molar-refractivity contribution in [2.75, 3.05) is 39.3 Å². The van der Waals surface area contributed by atoms with Crippen molar-refractivity contribution in [1.82, 2.24) is 31.9 Å². The number of unbranched alkanes of at least 4 members (excludes halogenated alkanes) is 4. The second-order valence-corrected chi connectivity index (χ2v) is 14.5. The highest BCUT2D eigenvalue weighted by atomic mass is 16.6. The Bertz CT molecular complexity index is 1020. The quantitative estimate of drug-likeness (QED) is 0.0451. The lowest BCUT2D eigenvalue weighted by atomic mass is 10.2. The molecule has 5 amide bonds. The topological polar surface area (TPSA) is 218 Å². The number of carbonyl (C=O) groups excluding carboxylic acids is 5. The van der Waals surface area contributed by atoms with Crippen LogP contribution >= 0.6 is 0 Å². The fraction of sp³-hybridized carbons (Fsp3) is 0.818. The number of hydrogen-bond donors (Lipinski definition) is 7. The molecule has 16 heteroatoms. The van der Waals surface area contributed by atoms with E-state index in [1.54, 1.807) is 41.5 Å². The Morgan fingerprint density at radius 2 is 1.02 bits per heavy atom. The molecule has 0 aliphatic heterocycles. The molecule has 0 aromatic carbocycles. The normalized spacial score (nSPS) is 12.2. The van der Waals surface area contributed by atoms with Gasteiger partial charge in [0.2, 0.25) is 17.8 Å². The number of ether oxygens (including phenoxy) is 3. The number of guanidine groups is 1. The second-order valence-electron chi connectivity index (χ2n) is 14.5. The maximum atomic E-state index is 12.2. The number of aliphatic imine (C=N–C) groups is 1. The van der Waals surface area contributed by atoms with Gasteiger partial charge in [-0.2, -0.15) is 0 Å². The number of alkyl carbamates (subject to hydrolysis) is 3. The molecule has 7 N–H and O–H groups in total. The first-order valence-electron chi connectivity index (χ1n) is 17.1. The number of nitrogens with one attached hydrogen (secondary N) is 6. The van der Waals surface area contributed by atoms with Crippen LogP contribution in [0.3, 0.4) is 0 Å². The molecule has 0 radical (unpaired) electrons. The number of amides is 5. The molecule has 0 aliphatic rings. The smallest absolute Gasteiger partial charge is 0.414 e. The van der Waals surface area contributed by atoms with Crippen LogP contribution in [0.5, 0.6) is 0 Å². The Morgan fingerprint density at radius 3 is 1.59 bits per heavy atom. The first-order valence-corrected chi connectivity index (χ1v) is 17.1. The number of aliphatic hydroxyl groups is 1. The summed E-state index contributed by atoms with van der Waals surface area (Å²) in [5, 5.41) is 26.3. The summed E-state index contributed by atoms with van der Waals surface area (Å²) in [4.78, 5) is 64.4. The fourth-order valence-electron chi connectivity index (χ4n) is 3.81. The minimum absolute atomic E-state index is 0.0754. The summed E-state index contributed by atoms with van der Waals surface area (Å²) < 4.78 is 15.6. The monoisotopic (exact) mass is 701 g/mol. The molecule has 1 unspecified atom stereocenters. The Balaban J connectivity index is 4.11. The van der Waals surface area contributed by atoms with Crippen LogP contribution in [0.2, 0.25) is 0 Å². The molecule has 16 nitrogen and oxygen atoms in total. The van der Waals surface area contributed by atoms with E-state index >= 15 is 0 Å². The number of nitrogens with zero attached hydrogens (tertiary/aromatic N) is 1. The van der Waals surface area contributed by atoms with Crippen LogP contribution in [0, 0.1) is 0 Å². The molecule has 0 fully saturated rings. The lowest BCUT2D eigenvalue weighted by molar-refractivity contribution is -0.134. The zero-order chi connectivity index (χ0) is 37.5. The molecule has 0 heterocycles. The highest BCUT2D eigenvalue weighted by Crippen LogP contribution is 2.08. The van der Waals surface area contributed by atoms with Crippen molar-refractivity contribution < 1.29 is 43.3 Å². The predicted molar refractivity (Wildman–Crippen MR) is 187 cm³/mol. The number of rotatable bonds is 19. The van der Waals surface area contributed by atoms with Gasteiger partial charge in [0.25, 0.3) is 0 Å². The van der Waals surface area contributed by atoms with Gasteiger partial charge >= 0.3 is 18.3 Å². The van der Waals surface area contributed by atoms with Crippen LogP contribution < -0.4 is 31.9 Å². The minimum Gasteiger partial charge on any atom is -0.444 e. The molecular formula is C33H63N7O9. The van der Waals surface area contributed by atoms with Gasteiger partial charge in [-0.15, -0.1) is 0 Å². The zero-order valence-electron chi connectivity index (χ0n) is 31.1. The first-order chi connectivity index (χ1) is 22.7. The SMILES string of the molecule is CC(C)(C)OC(=O)NCCCNCCCCNC(=O)C(O)CC(=O)NCCCCCCN=C(NC(=O)OC(C)(C)C)NC(=O)OC(C)(C)C. The van der Waals surface area contributed by atoms with Crippen molar-refractivity contribution >= 4 is 36.1 Å². The van der Waals surface area contributed by atoms with Crippen LogP contribution in [-0.2, 0) is 23.8 Å². The molecule has 0 bridgehead atoms. The Hall–Kier alpha value is -3.66. The van der Waals surface area contributed by atoms with Crippen molar-refractivity contribution in [1.29, 1.82) is 0 Å². The highest BCUT2D eigenvalue weighted by molar-refractivity contribution is 6.01. The molecule has 0 rings (SSSR count). The Kier molecular flexibility index (Phi) is 21.9. The summed E-state index contributed by atoms with van der Waals surface area (Å²) in [6.07, 6.45) is 1.48. The third-order valence-electron chi connectivity index (χ3n) is 5.88. The summed E-state index contributed by atoms with van der Waals surface area (Å²) >= 11 is 0. The van der Waals surface area contributed by atoms with Crippen molar-refractivity contribution in [2.45, 2.75) is 137 Å². The average molecular weight is 702 g/mol. The van der Waals surface area contributed by atoms with E-state index in [0.717, 1.165) is 38.8 Å². The molecule has 49 heavy (non-hydrogen) atoms. The van der Waals surface area contributed by atoms with E-state index < -0.39 is 53.0 Å². The molecule has 0 spiro atoms. The zero-order valence-corrected chi connectivity index (χ0v) is 31.1. The van der Waals surface area contributed by atoms with Gasteiger partial charge in [-0.05, 0) is 108 Å². The summed E-state index contributed by atoms with van der Waals surface area (Å²) in [7, 11) is 0. The van der Waals surface area contributed by atoms with Crippen LogP contribution in [0.4, 0.5) is 14.4 Å². The Labute approximate surface area is 292 Å². The summed E-state index contributed by atoms with van der Waals surface area (Å²) in [5.74, 6) is -1.07.